The Labute approximate surface area is 110 Å². The molecule has 94 valence electrons. The Morgan fingerprint density at radius 1 is 1.53 bits per heavy atom. The second-order valence-corrected chi connectivity index (χ2v) is 5.68. The number of aryl methyl sites for hydroxylation is 1. The lowest BCUT2D eigenvalue weighted by Crippen LogP contribution is -2.21. The van der Waals surface area contributed by atoms with Crippen molar-refractivity contribution in [1.29, 1.82) is 0 Å². The zero-order valence-electron chi connectivity index (χ0n) is 10.2. The van der Waals surface area contributed by atoms with Crippen LogP contribution in [0.4, 0.5) is 4.39 Å². The highest BCUT2D eigenvalue weighted by Gasteiger charge is 2.32. The third-order valence-electron chi connectivity index (χ3n) is 3.62. The predicted molar refractivity (Wildman–Crippen MR) is 71.4 cm³/mol. The van der Waals surface area contributed by atoms with E-state index in [0.29, 0.717) is 12.5 Å². The standard InChI is InChI=1S/C13H18BrFN2/c1-8-3-4-10(15)12(13(8)14)11-5-9(6-16)7-17(11)2/h3-4,9,11H,5-7,16H2,1-2H3. The molecule has 2 N–H and O–H groups in total. The molecule has 1 fully saturated rings. The lowest BCUT2D eigenvalue weighted by Gasteiger charge is -2.22. The van der Waals surface area contributed by atoms with Crippen molar-refractivity contribution in [2.24, 2.45) is 11.7 Å². The van der Waals surface area contributed by atoms with Gasteiger partial charge in [-0.3, -0.25) is 4.90 Å². The van der Waals surface area contributed by atoms with Gasteiger partial charge in [-0.15, -0.1) is 0 Å². The van der Waals surface area contributed by atoms with Gasteiger partial charge in [0, 0.05) is 22.6 Å². The first-order valence-corrected chi connectivity index (χ1v) is 6.68. The van der Waals surface area contributed by atoms with Crippen molar-refractivity contribution < 1.29 is 4.39 Å². The summed E-state index contributed by atoms with van der Waals surface area (Å²) in [6.07, 6.45) is 0.936. The molecule has 1 aliphatic heterocycles. The van der Waals surface area contributed by atoms with E-state index in [9.17, 15) is 4.39 Å². The minimum absolute atomic E-state index is 0.128. The van der Waals surface area contributed by atoms with Gasteiger partial charge in [0.05, 0.1) is 0 Å². The number of hydrogen-bond acceptors (Lipinski definition) is 2. The topological polar surface area (TPSA) is 29.3 Å². The van der Waals surface area contributed by atoms with Gasteiger partial charge in [0.1, 0.15) is 5.82 Å². The fourth-order valence-electron chi connectivity index (χ4n) is 2.60. The van der Waals surface area contributed by atoms with Gasteiger partial charge in [-0.25, -0.2) is 4.39 Å². The molecular formula is C13H18BrFN2. The van der Waals surface area contributed by atoms with Crippen LogP contribution in [-0.4, -0.2) is 25.0 Å². The van der Waals surface area contributed by atoms with Crippen molar-refractivity contribution >= 4 is 15.9 Å². The van der Waals surface area contributed by atoms with Gasteiger partial charge in [0.25, 0.3) is 0 Å². The van der Waals surface area contributed by atoms with E-state index >= 15 is 0 Å². The van der Waals surface area contributed by atoms with Gasteiger partial charge >= 0.3 is 0 Å². The molecule has 1 aromatic carbocycles. The maximum atomic E-state index is 14.0. The maximum absolute atomic E-state index is 14.0. The van der Waals surface area contributed by atoms with Gasteiger partial charge in [-0.1, -0.05) is 22.0 Å². The SMILES string of the molecule is Cc1ccc(F)c(C2CC(CN)CN2C)c1Br. The van der Waals surface area contributed by atoms with Crippen molar-refractivity contribution in [2.45, 2.75) is 19.4 Å². The molecule has 0 spiro atoms. The Hall–Kier alpha value is -0.450. The number of halogens is 2. The summed E-state index contributed by atoms with van der Waals surface area (Å²) in [5, 5.41) is 0. The molecule has 0 radical (unpaired) electrons. The second kappa shape index (κ2) is 5.04. The van der Waals surface area contributed by atoms with Gasteiger partial charge in [0.2, 0.25) is 0 Å². The first-order chi connectivity index (χ1) is 8.04. The quantitative estimate of drug-likeness (QED) is 0.910. The lowest BCUT2D eigenvalue weighted by molar-refractivity contribution is 0.306. The molecule has 2 nitrogen and oxygen atoms in total. The van der Waals surface area contributed by atoms with Crippen LogP contribution in [0.25, 0.3) is 0 Å². The molecule has 1 saturated heterocycles. The van der Waals surface area contributed by atoms with Crippen LogP contribution in [0, 0.1) is 18.7 Å². The Morgan fingerprint density at radius 2 is 2.24 bits per heavy atom. The normalized spacial score (nSPS) is 25.5. The highest BCUT2D eigenvalue weighted by Crippen LogP contribution is 2.39. The average molecular weight is 301 g/mol. The van der Waals surface area contributed by atoms with Crippen LogP contribution >= 0.6 is 15.9 Å². The Morgan fingerprint density at radius 3 is 2.82 bits per heavy atom. The Balaban J connectivity index is 2.37. The molecule has 4 heteroatoms. The van der Waals surface area contributed by atoms with Gasteiger partial charge < -0.3 is 5.73 Å². The molecule has 1 heterocycles. The van der Waals surface area contributed by atoms with E-state index in [4.69, 9.17) is 5.73 Å². The van der Waals surface area contributed by atoms with Crippen LogP contribution < -0.4 is 5.73 Å². The van der Waals surface area contributed by atoms with E-state index in [1.165, 1.54) is 0 Å². The third kappa shape index (κ3) is 2.39. The first kappa shape index (κ1) is 13.0. The molecule has 0 saturated carbocycles. The third-order valence-corrected chi connectivity index (χ3v) is 4.67. The number of benzene rings is 1. The summed E-state index contributed by atoms with van der Waals surface area (Å²) in [6.45, 7) is 3.61. The zero-order valence-corrected chi connectivity index (χ0v) is 11.8. The monoisotopic (exact) mass is 300 g/mol. The van der Waals surface area contributed by atoms with E-state index in [2.05, 4.69) is 20.8 Å². The fraction of sp³-hybridized carbons (Fsp3) is 0.538. The molecule has 1 aliphatic rings. The molecule has 1 aromatic rings. The predicted octanol–water partition coefficient (Wildman–Crippen LogP) is 2.85. The Bertz CT molecular complexity index is 422. The average Bonchev–Trinajstić information content (AvgIpc) is 2.66. The highest BCUT2D eigenvalue weighted by atomic mass is 79.9. The molecule has 2 rings (SSSR count). The lowest BCUT2D eigenvalue weighted by atomic mass is 9.98. The summed E-state index contributed by atoms with van der Waals surface area (Å²) in [6, 6.07) is 3.50. The van der Waals surface area contributed by atoms with Crippen LogP contribution in [0.1, 0.15) is 23.6 Å². The van der Waals surface area contributed by atoms with Crippen molar-refractivity contribution in [3.8, 4) is 0 Å². The van der Waals surface area contributed by atoms with Crippen LogP contribution in [0.2, 0.25) is 0 Å². The molecular weight excluding hydrogens is 283 g/mol. The molecule has 2 atom stereocenters. The van der Waals surface area contributed by atoms with Crippen molar-refractivity contribution in [2.75, 3.05) is 20.1 Å². The number of rotatable bonds is 2. The van der Waals surface area contributed by atoms with Crippen LogP contribution in [-0.2, 0) is 0 Å². The molecule has 0 bridgehead atoms. The minimum atomic E-state index is -0.128. The first-order valence-electron chi connectivity index (χ1n) is 5.89. The smallest absolute Gasteiger partial charge is 0.129 e. The summed E-state index contributed by atoms with van der Waals surface area (Å²) < 4.78 is 14.9. The fourth-order valence-corrected chi connectivity index (χ4v) is 3.18. The zero-order chi connectivity index (χ0) is 12.6. The summed E-state index contributed by atoms with van der Waals surface area (Å²) >= 11 is 3.51. The van der Waals surface area contributed by atoms with E-state index in [1.54, 1.807) is 12.1 Å². The minimum Gasteiger partial charge on any atom is -0.330 e. The molecule has 0 aromatic heterocycles. The number of likely N-dealkylation sites (tertiary alicyclic amines) is 1. The summed E-state index contributed by atoms with van der Waals surface area (Å²) in [4.78, 5) is 2.19. The van der Waals surface area contributed by atoms with Crippen LogP contribution in [0.3, 0.4) is 0 Å². The summed E-state index contributed by atoms with van der Waals surface area (Å²) in [5.41, 5.74) is 7.57. The van der Waals surface area contributed by atoms with E-state index in [0.717, 1.165) is 28.6 Å². The van der Waals surface area contributed by atoms with Gasteiger partial charge in [-0.05, 0) is 44.5 Å². The van der Waals surface area contributed by atoms with E-state index in [-0.39, 0.29) is 11.9 Å². The molecule has 2 unspecified atom stereocenters. The highest BCUT2D eigenvalue weighted by molar-refractivity contribution is 9.10. The number of hydrogen-bond donors (Lipinski definition) is 1. The van der Waals surface area contributed by atoms with Gasteiger partial charge in [-0.2, -0.15) is 0 Å². The van der Waals surface area contributed by atoms with Crippen molar-refractivity contribution in [3.63, 3.8) is 0 Å². The largest absolute Gasteiger partial charge is 0.330 e. The molecule has 0 aliphatic carbocycles. The van der Waals surface area contributed by atoms with Crippen LogP contribution in [0.15, 0.2) is 16.6 Å². The van der Waals surface area contributed by atoms with Gasteiger partial charge in [0.15, 0.2) is 0 Å². The maximum Gasteiger partial charge on any atom is 0.129 e. The Kier molecular flexibility index (Phi) is 3.85. The van der Waals surface area contributed by atoms with Crippen LogP contribution in [0.5, 0.6) is 0 Å². The summed E-state index contributed by atoms with van der Waals surface area (Å²) in [5.74, 6) is 0.341. The summed E-state index contributed by atoms with van der Waals surface area (Å²) in [7, 11) is 2.04. The molecule has 17 heavy (non-hydrogen) atoms. The van der Waals surface area contributed by atoms with E-state index in [1.807, 2.05) is 14.0 Å². The van der Waals surface area contributed by atoms with Crippen molar-refractivity contribution in [3.05, 3.63) is 33.5 Å². The molecule has 0 amide bonds. The van der Waals surface area contributed by atoms with E-state index < -0.39 is 0 Å². The van der Waals surface area contributed by atoms with Crippen molar-refractivity contribution in [1.82, 2.24) is 4.90 Å². The number of nitrogens with two attached hydrogens (primary N) is 1. The number of nitrogens with zero attached hydrogens (tertiary/aromatic N) is 1. The second-order valence-electron chi connectivity index (χ2n) is 4.88.